The number of amides is 1. The number of quaternary nitrogens is 1. The van der Waals surface area contributed by atoms with Crippen LogP contribution in [0.25, 0.3) is 0 Å². The molecule has 0 bridgehead atoms. The maximum atomic E-state index is 13.5. The molecule has 0 spiro atoms. The van der Waals surface area contributed by atoms with Crippen LogP contribution in [0.5, 0.6) is 0 Å². The van der Waals surface area contributed by atoms with E-state index in [0.29, 0.717) is 17.7 Å². The highest BCUT2D eigenvalue weighted by Gasteiger charge is 2.10. The van der Waals surface area contributed by atoms with Crippen molar-refractivity contribution in [1.29, 1.82) is 0 Å². The van der Waals surface area contributed by atoms with Crippen LogP contribution in [0, 0.1) is 12.7 Å². The van der Waals surface area contributed by atoms with Gasteiger partial charge in [0, 0.05) is 17.7 Å². The largest absolute Gasteiger partial charge is 0.348 e. The molecule has 2 N–H and O–H groups in total. The van der Waals surface area contributed by atoms with Crippen molar-refractivity contribution in [1.82, 2.24) is 5.32 Å². The molecular formula is C18H22FN2O+. The predicted molar refractivity (Wildman–Crippen MR) is 85.3 cm³/mol. The van der Waals surface area contributed by atoms with Crippen LogP contribution in [-0.4, -0.2) is 20.0 Å². The molecule has 0 aromatic heterocycles. The van der Waals surface area contributed by atoms with Crippen LogP contribution < -0.4 is 10.2 Å². The molecule has 0 fully saturated rings. The number of hydrogen-bond acceptors (Lipinski definition) is 1. The van der Waals surface area contributed by atoms with Crippen LogP contribution in [0.4, 0.5) is 4.39 Å². The van der Waals surface area contributed by atoms with Gasteiger partial charge in [-0.15, -0.1) is 0 Å². The van der Waals surface area contributed by atoms with Gasteiger partial charge >= 0.3 is 0 Å². The van der Waals surface area contributed by atoms with Gasteiger partial charge in [0.05, 0.1) is 14.1 Å². The number of hydrogen-bond donors (Lipinski definition) is 2. The fourth-order valence-electron chi connectivity index (χ4n) is 2.29. The van der Waals surface area contributed by atoms with Crippen molar-refractivity contribution in [2.45, 2.75) is 20.0 Å². The molecule has 1 amide bonds. The molecule has 116 valence electrons. The highest BCUT2D eigenvalue weighted by molar-refractivity contribution is 5.94. The summed E-state index contributed by atoms with van der Waals surface area (Å²) in [7, 11) is 4.18. The second kappa shape index (κ2) is 7.18. The lowest BCUT2D eigenvalue weighted by atomic mass is 10.1. The molecule has 4 heteroatoms. The van der Waals surface area contributed by atoms with Gasteiger partial charge in [0.25, 0.3) is 5.91 Å². The first-order valence-electron chi connectivity index (χ1n) is 7.37. The van der Waals surface area contributed by atoms with Gasteiger partial charge in [-0.05, 0) is 30.2 Å². The van der Waals surface area contributed by atoms with E-state index >= 15 is 0 Å². The third-order valence-electron chi connectivity index (χ3n) is 3.54. The molecule has 0 radical (unpaired) electrons. The molecule has 0 aliphatic rings. The Bertz CT molecular complexity index is 668. The number of carbonyl (C=O) groups excluding carboxylic acids is 1. The molecule has 0 saturated carbocycles. The van der Waals surface area contributed by atoms with Crippen LogP contribution >= 0.6 is 0 Å². The lowest BCUT2D eigenvalue weighted by Gasteiger charge is -2.13. The standard InChI is InChI=1S/C18H21FN2O/c1-13-8-9-14(10-17(13)19)18(22)20-11-15-6-4-5-7-16(15)12-21(2)3/h4-10H,11-12H2,1-3H3,(H,20,22)/p+1. The normalized spacial score (nSPS) is 10.8. The van der Waals surface area contributed by atoms with Crippen LogP contribution in [0.15, 0.2) is 42.5 Å². The van der Waals surface area contributed by atoms with Crippen LogP contribution in [-0.2, 0) is 13.1 Å². The monoisotopic (exact) mass is 301 g/mol. The Morgan fingerprint density at radius 1 is 1.14 bits per heavy atom. The van der Waals surface area contributed by atoms with Gasteiger partial charge in [0.15, 0.2) is 0 Å². The third kappa shape index (κ3) is 4.15. The zero-order chi connectivity index (χ0) is 16.1. The Kier molecular flexibility index (Phi) is 5.28. The second-order valence-electron chi connectivity index (χ2n) is 5.80. The topological polar surface area (TPSA) is 33.5 Å². The molecule has 3 nitrogen and oxygen atoms in total. The number of nitrogens with one attached hydrogen (secondary N) is 2. The molecule has 0 aliphatic heterocycles. The van der Waals surface area contributed by atoms with Gasteiger partial charge in [-0.25, -0.2) is 4.39 Å². The Balaban J connectivity index is 2.06. The summed E-state index contributed by atoms with van der Waals surface area (Å²) in [6.45, 7) is 3.01. The Hall–Kier alpha value is -2.20. The van der Waals surface area contributed by atoms with Crippen molar-refractivity contribution in [3.63, 3.8) is 0 Å². The number of aryl methyl sites for hydroxylation is 1. The molecule has 2 rings (SSSR count). The first kappa shape index (κ1) is 16.2. The number of carbonyl (C=O) groups is 1. The average molecular weight is 301 g/mol. The quantitative estimate of drug-likeness (QED) is 0.866. The van der Waals surface area contributed by atoms with E-state index in [1.165, 1.54) is 16.5 Å². The van der Waals surface area contributed by atoms with E-state index in [4.69, 9.17) is 0 Å². The summed E-state index contributed by atoms with van der Waals surface area (Å²) < 4.78 is 13.5. The third-order valence-corrected chi connectivity index (χ3v) is 3.54. The SMILES string of the molecule is Cc1ccc(C(=O)NCc2ccccc2C[NH+](C)C)cc1F. The van der Waals surface area contributed by atoms with Gasteiger partial charge in [-0.1, -0.05) is 30.3 Å². The van der Waals surface area contributed by atoms with E-state index in [-0.39, 0.29) is 11.7 Å². The summed E-state index contributed by atoms with van der Waals surface area (Å²) in [6, 6.07) is 12.6. The first-order valence-corrected chi connectivity index (χ1v) is 7.37. The first-order chi connectivity index (χ1) is 10.5. The zero-order valence-corrected chi connectivity index (χ0v) is 13.2. The van der Waals surface area contributed by atoms with Gasteiger partial charge in [-0.3, -0.25) is 4.79 Å². The average Bonchev–Trinajstić information content (AvgIpc) is 2.48. The molecule has 0 unspecified atom stereocenters. The summed E-state index contributed by atoms with van der Waals surface area (Å²) in [5.41, 5.74) is 3.18. The Morgan fingerprint density at radius 2 is 1.82 bits per heavy atom. The number of rotatable bonds is 5. The highest BCUT2D eigenvalue weighted by atomic mass is 19.1. The van der Waals surface area contributed by atoms with Gasteiger partial charge in [0.1, 0.15) is 12.4 Å². The van der Waals surface area contributed by atoms with Crippen molar-refractivity contribution < 1.29 is 14.1 Å². The minimum Gasteiger partial charge on any atom is -0.348 e. The van der Waals surface area contributed by atoms with Crippen LogP contribution in [0.2, 0.25) is 0 Å². The summed E-state index contributed by atoms with van der Waals surface area (Å²) in [5.74, 6) is -0.616. The molecular weight excluding hydrogens is 279 g/mol. The number of halogens is 1. The summed E-state index contributed by atoms with van der Waals surface area (Å²) in [6.07, 6.45) is 0. The molecule has 2 aromatic rings. The van der Waals surface area contributed by atoms with E-state index in [0.717, 1.165) is 12.1 Å². The fraction of sp³-hybridized carbons (Fsp3) is 0.278. The van der Waals surface area contributed by atoms with Crippen molar-refractivity contribution in [3.05, 3.63) is 70.5 Å². The van der Waals surface area contributed by atoms with E-state index < -0.39 is 0 Å². The smallest absolute Gasteiger partial charge is 0.251 e. The summed E-state index contributed by atoms with van der Waals surface area (Å²) in [4.78, 5) is 13.5. The van der Waals surface area contributed by atoms with E-state index in [1.54, 1.807) is 19.1 Å². The molecule has 2 aromatic carbocycles. The maximum absolute atomic E-state index is 13.5. The van der Waals surface area contributed by atoms with Crippen molar-refractivity contribution in [2.75, 3.05) is 14.1 Å². The minimum atomic E-state index is -0.357. The summed E-state index contributed by atoms with van der Waals surface area (Å²) >= 11 is 0. The predicted octanol–water partition coefficient (Wildman–Crippen LogP) is 1.71. The second-order valence-corrected chi connectivity index (χ2v) is 5.80. The molecule has 22 heavy (non-hydrogen) atoms. The van der Waals surface area contributed by atoms with E-state index in [1.807, 2.05) is 18.2 Å². The van der Waals surface area contributed by atoms with Gasteiger partial charge < -0.3 is 10.2 Å². The van der Waals surface area contributed by atoms with Crippen LogP contribution in [0.3, 0.4) is 0 Å². The number of benzene rings is 2. The Labute approximate surface area is 130 Å². The van der Waals surface area contributed by atoms with E-state index in [2.05, 4.69) is 25.5 Å². The van der Waals surface area contributed by atoms with Gasteiger partial charge in [-0.2, -0.15) is 0 Å². The lowest BCUT2D eigenvalue weighted by molar-refractivity contribution is -0.872. The Morgan fingerprint density at radius 3 is 2.45 bits per heavy atom. The molecule has 0 aliphatic carbocycles. The lowest BCUT2D eigenvalue weighted by Crippen LogP contribution is -3.04. The highest BCUT2D eigenvalue weighted by Crippen LogP contribution is 2.11. The molecule has 0 atom stereocenters. The summed E-state index contributed by atoms with van der Waals surface area (Å²) in [5, 5.41) is 2.86. The minimum absolute atomic E-state index is 0.258. The van der Waals surface area contributed by atoms with Crippen molar-refractivity contribution >= 4 is 5.91 Å². The van der Waals surface area contributed by atoms with E-state index in [9.17, 15) is 9.18 Å². The van der Waals surface area contributed by atoms with Crippen LogP contribution in [0.1, 0.15) is 27.0 Å². The van der Waals surface area contributed by atoms with Crippen molar-refractivity contribution in [2.24, 2.45) is 0 Å². The maximum Gasteiger partial charge on any atom is 0.251 e. The van der Waals surface area contributed by atoms with Gasteiger partial charge in [0.2, 0.25) is 0 Å². The van der Waals surface area contributed by atoms with Crippen molar-refractivity contribution in [3.8, 4) is 0 Å². The molecule has 0 saturated heterocycles. The fourth-order valence-corrected chi connectivity index (χ4v) is 2.29. The zero-order valence-electron chi connectivity index (χ0n) is 13.2. The molecule has 0 heterocycles.